The molecule has 0 heteroatoms. The van der Waals surface area contributed by atoms with Crippen molar-refractivity contribution in [3.63, 3.8) is 0 Å². The Kier molecular flexibility index (Phi) is 1.09. The van der Waals surface area contributed by atoms with Gasteiger partial charge in [0.2, 0.25) is 0 Å². The fraction of sp³-hybridized carbons (Fsp3) is 0.818. The molecular formula is C11H16. The van der Waals surface area contributed by atoms with Crippen LogP contribution in [0.15, 0.2) is 12.2 Å². The van der Waals surface area contributed by atoms with Gasteiger partial charge in [0.05, 0.1) is 0 Å². The summed E-state index contributed by atoms with van der Waals surface area (Å²) in [4.78, 5) is 0. The van der Waals surface area contributed by atoms with Gasteiger partial charge in [0.1, 0.15) is 0 Å². The summed E-state index contributed by atoms with van der Waals surface area (Å²) in [6, 6.07) is 0. The van der Waals surface area contributed by atoms with Crippen LogP contribution in [0, 0.1) is 23.7 Å². The summed E-state index contributed by atoms with van der Waals surface area (Å²) in [6.45, 7) is 4.20. The van der Waals surface area contributed by atoms with Crippen molar-refractivity contribution in [3.05, 3.63) is 12.2 Å². The second-order valence-corrected chi connectivity index (χ2v) is 4.72. The molecule has 0 spiro atoms. The maximum absolute atomic E-state index is 4.20. The summed E-state index contributed by atoms with van der Waals surface area (Å²) in [6.07, 6.45) is 7.46. The molecule has 3 fully saturated rings. The fourth-order valence-corrected chi connectivity index (χ4v) is 3.97. The van der Waals surface area contributed by atoms with Crippen molar-refractivity contribution in [2.75, 3.05) is 0 Å². The van der Waals surface area contributed by atoms with E-state index in [4.69, 9.17) is 0 Å². The molecule has 3 rings (SSSR count). The first kappa shape index (κ1) is 6.28. The Hall–Kier alpha value is -0.260. The van der Waals surface area contributed by atoms with E-state index in [1.165, 1.54) is 25.7 Å². The standard InChI is InChI=1S/C11H16/c1-7-5-8-6-11(7)10-4-2-3-9(8)10/h8-11H,1-6H2/t8-,9-,10-,11-/m1/s1. The highest BCUT2D eigenvalue weighted by Crippen LogP contribution is 2.60. The quantitative estimate of drug-likeness (QED) is 0.463. The van der Waals surface area contributed by atoms with E-state index in [9.17, 15) is 0 Å². The van der Waals surface area contributed by atoms with Crippen LogP contribution in [0.25, 0.3) is 0 Å². The lowest BCUT2D eigenvalue weighted by molar-refractivity contribution is 0.305. The maximum atomic E-state index is 4.20. The molecule has 0 unspecified atom stereocenters. The predicted molar refractivity (Wildman–Crippen MR) is 46.2 cm³/mol. The molecule has 0 aromatic carbocycles. The molecule has 3 aliphatic carbocycles. The minimum absolute atomic E-state index is 0.965. The van der Waals surface area contributed by atoms with E-state index in [2.05, 4.69) is 6.58 Å². The normalized spacial score (nSPS) is 53.6. The summed E-state index contributed by atoms with van der Waals surface area (Å²) >= 11 is 0. The van der Waals surface area contributed by atoms with Crippen LogP contribution < -0.4 is 0 Å². The molecule has 3 aliphatic rings. The number of hydrogen-bond donors (Lipinski definition) is 0. The SMILES string of the molecule is C=C1C[C@@H]2C[C@H]1[C@@H]1CCC[C@H]21. The van der Waals surface area contributed by atoms with Gasteiger partial charge in [0.25, 0.3) is 0 Å². The molecule has 0 heterocycles. The summed E-state index contributed by atoms with van der Waals surface area (Å²) in [5.41, 5.74) is 1.60. The highest BCUT2D eigenvalue weighted by Gasteiger charge is 2.50. The van der Waals surface area contributed by atoms with Gasteiger partial charge in [-0.05, 0) is 49.4 Å². The molecule has 60 valence electrons. The van der Waals surface area contributed by atoms with Gasteiger partial charge in [-0.1, -0.05) is 18.6 Å². The summed E-state index contributed by atoms with van der Waals surface area (Å²) < 4.78 is 0. The number of fused-ring (bicyclic) bond motifs is 5. The molecule has 0 aromatic heterocycles. The van der Waals surface area contributed by atoms with Crippen LogP contribution in [0.2, 0.25) is 0 Å². The van der Waals surface area contributed by atoms with E-state index >= 15 is 0 Å². The monoisotopic (exact) mass is 148 g/mol. The van der Waals surface area contributed by atoms with Crippen LogP contribution >= 0.6 is 0 Å². The predicted octanol–water partition coefficient (Wildman–Crippen LogP) is 3.00. The third-order valence-electron chi connectivity index (χ3n) is 4.35. The first-order valence-electron chi connectivity index (χ1n) is 5.04. The smallest absolute Gasteiger partial charge is 0.0172 e. The van der Waals surface area contributed by atoms with Crippen LogP contribution in [-0.2, 0) is 0 Å². The van der Waals surface area contributed by atoms with Gasteiger partial charge in [0.15, 0.2) is 0 Å². The Morgan fingerprint density at radius 1 is 1.18 bits per heavy atom. The molecule has 0 radical (unpaired) electrons. The molecule has 0 N–H and O–H groups in total. The van der Waals surface area contributed by atoms with Gasteiger partial charge in [-0.25, -0.2) is 0 Å². The van der Waals surface area contributed by atoms with Crippen molar-refractivity contribution in [1.82, 2.24) is 0 Å². The van der Waals surface area contributed by atoms with Gasteiger partial charge in [-0.2, -0.15) is 0 Å². The molecule has 0 nitrogen and oxygen atoms in total. The maximum Gasteiger partial charge on any atom is -0.0172 e. The fourth-order valence-electron chi connectivity index (χ4n) is 3.97. The first-order chi connectivity index (χ1) is 5.36. The molecule has 3 saturated carbocycles. The molecule has 11 heavy (non-hydrogen) atoms. The highest BCUT2D eigenvalue weighted by atomic mass is 14.5. The van der Waals surface area contributed by atoms with Crippen molar-refractivity contribution in [2.24, 2.45) is 23.7 Å². The second-order valence-electron chi connectivity index (χ2n) is 4.72. The topological polar surface area (TPSA) is 0 Å². The summed E-state index contributed by atoms with van der Waals surface area (Å²) in [7, 11) is 0. The zero-order valence-corrected chi connectivity index (χ0v) is 7.05. The Balaban J connectivity index is 1.95. The number of allylic oxidation sites excluding steroid dienone is 1. The third kappa shape index (κ3) is 0.660. The summed E-state index contributed by atoms with van der Waals surface area (Å²) in [5, 5.41) is 0. The Labute approximate surface area is 68.7 Å². The summed E-state index contributed by atoms with van der Waals surface area (Å²) in [5.74, 6) is 4.25. The van der Waals surface area contributed by atoms with Gasteiger partial charge >= 0.3 is 0 Å². The Morgan fingerprint density at radius 2 is 2.00 bits per heavy atom. The lowest BCUT2D eigenvalue weighted by Crippen LogP contribution is -2.17. The largest absolute Gasteiger partial charge is 0.0996 e. The van der Waals surface area contributed by atoms with Crippen molar-refractivity contribution in [3.8, 4) is 0 Å². The molecule has 0 amide bonds. The average Bonchev–Trinajstić information content (AvgIpc) is 2.52. The van der Waals surface area contributed by atoms with E-state index < -0.39 is 0 Å². The average molecular weight is 148 g/mol. The first-order valence-corrected chi connectivity index (χ1v) is 5.04. The van der Waals surface area contributed by atoms with Crippen LogP contribution in [0.3, 0.4) is 0 Å². The van der Waals surface area contributed by atoms with Crippen LogP contribution in [-0.4, -0.2) is 0 Å². The lowest BCUT2D eigenvalue weighted by atomic mass is 9.80. The van der Waals surface area contributed by atoms with Gasteiger partial charge in [0, 0.05) is 0 Å². The van der Waals surface area contributed by atoms with Crippen LogP contribution in [0.4, 0.5) is 0 Å². The molecule has 4 atom stereocenters. The van der Waals surface area contributed by atoms with E-state index in [-0.39, 0.29) is 0 Å². The highest BCUT2D eigenvalue weighted by molar-refractivity contribution is 5.18. The zero-order valence-electron chi connectivity index (χ0n) is 7.05. The molecule has 0 aromatic rings. The molecule has 0 saturated heterocycles. The Morgan fingerprint density at radius 3 is 2.91 bits per heavy atom. The van der Waals surface area contributed by atoms with E-state index in [1.807, 2.05) is 0 Å². The number of hydrogen-bond acceptors (Lipinski definition) is 0. The van der Waals surface area contributed by atoms with Gasteiger partial charge in [-0.15, -0.1) is 0 Å². The van der Waals surface area contributed by atoms with Crippen molar-refractivity contribution >= 4 is 0 Å². The van der Waals surface area contributed by atoms with Gasteiger partial charge < -0.3 is 0 Å². The van der Waals surface area contributed by atoms with Crippen LogP contribution in [0.1, 0.15) is 32.1 Å². The molecular weight excluding hydrogens is 132 g/mol. The van der Waals surface area contributed by atoms with E-state index in [1.54, 1.807) is 12.0 Å². The van der Waals surface area contributed by atoms with Gasteiger partial charge in [-0.3, -0.25) is 0 Å². The third-order valence-corrected chi connectivity index (χ3v) is 4.35. The molecule has 2 bridgehead atoms. The molecule has 0 aliphatic heterocycles. The van der Waals surface area contributed by atoms with Crippen molar-refractivity contribution in [1.29, 1.82) is 0 Å². The Bertz CT molecular complexity index is 204. The lowest BCUT2D eigenvalue weighted by Gasteiger charge is -2.25. The van der Waals surface area contributed by atoms with Crippen molar-refractivity contribution < 1.29 is 0 Å². The minimum atomic E-state index is 0.965. The van der Waals surface area contributed by atoms with E-state index in [0.717, 1.165) is 23.7 Å². The number of rotatable bonds is 0. The van der Waals surface area contributed by atoms with E-state index in [0.29, 0.717) is 0 Å². The van der Waals surface area contributed by atoms with Crippen LogP contribution in [0.5, 0.6) is 0 Å². The zero-order chi connectivity index (χ0) is 7.42. The minimum Gasteiger partial charge on any atom is -0.0996 e. The van der Waals surface area contributed by atoms with Crippen molar-refractivity contribution in [2.45, 2.75) is 32.1 Å². The second kappa shape index (κ2) is 1.91.